The number of nitrogens with one attached hydrogen (secondary N) is 1. The molecule has 0 aliphatic heterocycles. The highest BCUT2D eigenvalue weighted by Gasteiger charge is 2.28. The fraction of sp³-hybridized carbons (Fsp3) is 0.409. The average Bonchev–Trinajstić information content (AvgIpc) is 2.80. The first-order chi connectivity index (χ1) is 15.0. The van der Waals surface area contributed by atoms with Gasteiger partial charge in [-0.05, 0) is 24.5 Å². The number of aromatic nitrogens is 4. The highest BCUT2D eigenvalue weighted by molar-refractivity contribution is 5.93. The molecule has 9 heteroatoms. The van der Waals surface area contributed by atoms with Crippen molar-refractivity contribution in [1.29, 1.82) is 0 Å². The quantitative estimate of drug-likeness (QED) is 0.649. The van der Waals surface area contributed by atoms with Crippen molar-refractivity contribution >= 4 is 22.6 Å². The van der Waals surface area contributed by atoms with E-state index in [2.05, 4.69) is 20.3 Å². The van der Waals surface area contributed by atoms with Gasteiger partial charge < -0.3 is 10.1 Å². The largest absolute Gasteiger partial charge is 0.481 e. The molecule has 1 amide bonds. The minimum atomic E-state index is -0.765. The molecular weight excluding hydrogens is 401 g/mol. The summed E-state index contributed by atoms with van der Waals surface area (Å²) in [6, 6.07) is 3.38. The van der Waals surface area contributed by atoms with Crippen LogP contribution in [0.25, 0.3) is 10.9 Å². The van der Waals surface area contributed by atoms with Gasteiger partial charge in [-0.15, -0.1) is 0 Å². The van der Waals surface area contributed by atoms with Crippen LogP contribution in [0.15, 0.2) is 41.7 Å². The topological polar surface area (TPSA) is 99.0 Å². The molecule has 1 unspecified atom stereocenters. The fourth-order valence-corrected chi connectivity index (χ4v) is 4.10. The molecule has 0 spiro atoms. The predicted octanol–water partition coefficient (Wildman–Crippen LogP) is 3.48. The van der Waals surface area contributed by atoms with E-state index in [9.17, 15) is 14.0 Å². The van der Waals surface area contributed by atoms with E-state index in [4.69, 9.17) is 4.74 Å². The van der Waals surface area contributed by atoms with Crippen molar-refractivity contribution in [2.75, 3.05) is 12.4 Å². The summed E-state index contributed by atoms with van der Waals surface area (Å²) >= 11 is 0. The van der Waals surface area contributed by atoms with E-state index < -0.39 is 11.9 Å². The summed E-state index contributed by atoms with van der Waals surface area (Å²) in [5, 5.41) is 3.04. The number of nitrogens with zero attached hydrogens (tertiary/aromatic N) is 4. The minimum absolute atomic E-state index is 0.229. The number of carbonyl (C=O) groups is 1. The summed E-state index contributed by atoms with van der Waals surface area (Å²) in [7, 11) is 1.47. The second kappa shape index (κ2) is 9.20. The summed E-state index contributed by atoms with van der Waals surface area (Å²) in [5.41, 5.74) is 0.0906. The van der Waals surface area contributed by atoms with Gasteiger partial charge in [0.25, 0.3) is 5.56 Å². The number of pyridine rings is 2. The monoisotopic (exact) mass is 425 g/mol. The smallest absolute Gasteiger partial charge is 0.262 e. The molecule has 162 valence electrons. The molecule has 0 aromatic carbocycles. The molecule has 3 heterocycles. The Kier molecular flexibility index (Phi) is 6.20. The predicted molar refractivity (Wildman–Crippen MR) is 113 cm³/mol. The van der Waals surface area contributed by atoms with Crippen molar-refractivity contribution in [3.63, 3.8) is 0 Å². The number of halogens is 1. The molecule has 3 aromatic rings. The van der Waals surface area contributed by atoms with Crippen LogP contribution < -0.4 is 15.6 Å². The zero-order valence-electron chi connectivity index (χ0n) is 17.3. The highest BCUT2D eigenvalue weighted by atomic mass is 19.1. The van der Waals surface area contributed by atoms with Gasteiger partial charge in [0.2, 0.25) is 11.8 Å². The third-order valence-corrected chi connectivity index (χ3v) is 5.75. The van der Waals surface area contributed by atoms with Gasteiger partial charge in [0.15, 0.2) is 0 Å². The maximum absolute atomic E-state index is 13.3. The Bertz CT molecular complexity index is 1130. The van der Waals surface area contributed by atoms with E-state index in [1.54, 1.807) is 0 Å². The molecule has 0 saturated heterocycles. The third-order valence-electron chi connectivity index (χ3n) is 5.75. The summed E-state index contributed by atoms with van der Waals surface area (Å²) in [6.45, 7) is 0. The molecule has 31 heavy (non-hydrogen) atoms. The van der Waals surface area contributed by atoms with E-state index in [0.717, 1.165) is 31.9 Å². The summed E-state index contributed by atoms with van der Waals surface area (Å²) < 4.78 is 19.7. The number of ether oxygens (including phenoxy) is 1. The van der Waals surface area contributed by atoms with Crippen molar-refractivity contribution in [1.82, 2.24) is 19.5 Å². The van der Waals surface area contributed by atoms with Crippen LogP contribution in [0.3, 0.4) is 0 Å². The maximum Gasteiger partial charge on any atom is 0.262 e. The van der Waals surface area contributed by atoms with E-state index in [1.807, 2.05) is 0 Å². The first-order valence-corrected chi connectivity index (χ1v) is 10.4. The van der Waals surface area contributed by atoms with Crippen molar-refractivity contribution in [2.45, 2.75) is 44.6 Å². The zero-order valence-corrected chi connectivity index (χ0v) is 17.3. The lowest BCUT2D eigenvalue weighted by Crippen LogP contribution is -2.35. The van der Waals surface area contributed by atoms with Crippen molar-refractivity contribution in [3.05, 3.63) is 53.1 Å². The summed E-state index contributed by atoms with van der Waals surface area (Å²) in [5.74, 6) is -0.0101. The minimum Gasteiger partial charge on any atom is -0.481 e. The number of hydrogen-bond donors (Lipinski definition) is 1. The van der Waals surface area contributed by atoms with Gasteiger partial charge in [0.05, 0.1) is 36.7 Å². The Morgan fingerprint density at radius 3 is 2.74 bits per heavy atom. The van der Waals surface area contributed by atoms with E-state index in [1.165, 1.54) is 48.8 Å². The number of rotatable bonds is 6. The molecule has 8 nitrogen and oxygen atoms in total. The maximum atomic E-state index is 13.3. The fourth-order valence-electron chi connectivity index (χ4n) is 4.10. The average molecular weight is 425 g/mol. The lowest BCUT2D eigenvalue weighted by atomic mass is 9.84. The van der Waals surface area contributed by atoms with Crippen LogP contribution in [-0.4, -0.2) is 32.5 Å². The Hall–Kier alpha value is -3.36. The lowest BCUT2D eigenvalue weighted by molar-refractivity contribution is -0.120. The van der Waals surface area contributed by atoms with Gasteiger partial charge >= 0.3 is 0 Å². The van der Waals surface area contributed by atoms with E-state index >= 15 is 0 Å². The SMILES string of the molecule is COc1cc2c(=O)n(C(CC3CCCCC3)C(=O)Nc3ccc(F)cn3)cnc2cn1. The van der Waals surface area contributed by atoms with Gasteiger partial charge in [0.1, 0.15) is 17.7 Å². The molecule has 3 aromatic heterocycles. The number of anilines is 1. The van der Waals surface area contributed by atoms with Gasteiger partial charge in [-0.1, -0.05) is 32.1 Å². The Morgan fingerprint density at radius 1 is 1.23 bits per heavy atom. The van der Waals surface area contributed by atoms with Crippen LogP contribution in [-0.2, 0) is 4.79 Å². The van der Waals surface area contributed by atoms with Crippen molar-refractivity contribution in [3.8, 4) is 5.88 Å². The molecule has 0 radical (unpaired) electrons. The standard InChI is InChI=1S/C22H24FN5O3/c1-31-20-10-16-17(12-25-20)26-13-28(22(16)30)18(9-14-5-3-2-4-6-14)21(29)27-19-8-7-15(23)11-24-19/h7-8,10-14,18H,2-6,9H2,1H3,(H,24,27,29). The van der Waals surface area contributed by atoms with Crippen LogP contribution >= 0.6 is 0 Å². The zero-order chi connectivity index (χ0) is 21.8. The Labute approximate surface area is 178 Å². The number of fused-ring (bicyclic) bond motifs is 1. The molecular formula is C22H24FN5O3. The molecule has 1 N–H and O–H groups in total. The van der Waals surface area contributed by atoms with Crippen LogP contribution in [0, 0.1) is 11.7 Å². The lowest BCUT2D eigenvalue weighted by Gasteiger charge is -2.27. The van der Waals surface area contributed by atoms with Gasteiger partial charge in [-0.3, -0.25) is 14.2 Å². The Balaban J connectivity index is 1.70. The normalized spacial score (nSPS) is 15.5. The molecule has 1 fully saturated rings. The molecule has 1 aliphatic carbocycles. The second-order valence-electron chi connectivity index (χ2n) is 7.81. The van der Waals surface area contributed by atoms with Gasteiger partial charge in [-0.25, -0.2) is 19.3 Å². The van der Waals surface area contributed by atoms with Crippen LogP contribution in [0.1, 0.15) is 44.6 Å². The third kappa shape index (κ3) is 4.70. The number of methoxy groups -OCH3 is 1. The van der Waals surface area contributed by atoms with Crippen LogP contribution in [0.5, 0.6) is 5.88 Å². The van der Waals surface area contributed by atoms with Gasteiger partial charge in [-0.2, -0.15) is 0 Å². The van der Waals surface area contributed by atoms with Crippen molar-refractivity contribution < 1.29 is 13.9 Å². The highest BCUT2D eigenvalue weighted by Crippen LogP contribution is 2.31. The van der Waals surface area contributed by atoms with Crippen molar-refractivity contribution in [2.24, 2.45) is 5.92 Å². The van der Waals surface area contributed by atoms with Crippen LogP contribution in [0.4, 0.5) is 10.2 Å². The molecule has 1 aliphatic rings. The molecule has 4 rings (SSSR count). The number of carbonyl (C=O) groups excluding carboxylic acids is 1. The molecule has 0 bridgehead atoms. The second-order valence-corrected chi connectivity index (χ2v) is 7.81. The first kappa shape index (κ1) is 20.9. The van der Waals surface area contributed by atoms with Crippen LogP contribution in [0.2, 0.25) is 0 Å². The summed E-state index contributed by atoms with van der Waals surface area (Å²) in [4.78, 5) is 38.8. The van der Waals surface area contributed by atoms with E-state index in [0.29, 0.717) is 29.1 Å². The van der Waals surface area contributed by atoms with Gasteiger partial charge in [0, 0.05) is 6.07 Å². The van der Waals surface area contributed by atoms with E-state index in [-0.39, 0.29) is 17.3 Å². The number of amides is 1. The first-order valence-electron chi connectivity index (χ1n) is 10.4. The Morgan fingerprint density at radius 2 is 2.03 bits per heavy atom. The molecule has 1 atom stereocenters. The summed E-state index contributed by atoms with van der Waals surface area (Å²) in [6.07, 6.45) is 9.88. The molecule has 1 saturated carbocycles. The number of hydrogen-bond acceptors (Lipinski definition) is 6.